The van der Waals surface area contributed by atoms with E-state index in [2.05, 4.69) is 10.3 Å². The van der Waals surface area contributed by atoms with Crippen molar-refractivity contribution in [3.8, 4) is 5.75 Å². The molecule has 0 bridgehead atoms. The molecule has 3 rings (SSSR count). The Hall–Kier alpha value is -2.50. The highest BCUT2D eigenvalue weighted by molar-refractivity contribution is 5.83. The van der Waals surface area contributed by atoms with Gasteiger partial charge in [0.1, 0.15) is 18.2 Å². The van der Waals surface area contributed by atoms with Crippen LogP contribution in [0.25, 0.3) is 10.9 Å². The summed E-state index contributed by atoms with van der Waals surface area (Å²) >= 11 is 0. The van der Waals surface area contributed by atoms with Crippen LogP contribution in [0.15, 0.2) is 24.3 Å². The van der Waals surface area contributed by atoms with E-state index in [-0.39, 0.29) is 6.09 Å². The summed E-state index contributed by atoms with van der Waals surface area (Å²) in [6, 6.07) is 7.80. The van der Waals surface area contributed by atoms with Crippen LogP contribution in [0.3, 0.4) is 0 Å². The molecule has 0 spiro atoms. The third-order valence-electron chi connectivity index (χ3n) is 3.55. The largest absolute Gasteiger partial charge is 0.497 e. The number of benzene rings is 1. The minimum absolute atomic E-state index is 0.271. The second-order valence-corrected chi connectivity index (χ2v) is 4.84. The van der Waals surface area contributed by atoms with Crippen molar-refractivity contribution in [3.05, 3.63) is 29.8 Å². The van der Waals surface area contributed by atoms with Gasteiger partial charge in [-0.05, 0) is 18.2 Å². The van der Waals surface area contributed by atoms with Crippen LogP contribution in [-0.2, 0) is 11.3 Å². The molecule has 0 unspecified atom stereocenters. The average Bonchev–Trinajstić information content (AvgIpc) is 2.91. The van der Waals surface area contributed by atoms with Crippen LogP contribution in [0.5, 0.6) is 5.75 Å². The molecule has 2 aromatic rings. The number of rotatable bonds is 4. The molecule has 1 amide bonds. The Morgan fingerprint density at radius 2 is 2.29 bits per heavy atom. The summed E-state index contributed by atoms with van der Waals surface area (Å²) in [6.45, 7) is 1.55. The summed E-state index contributed by atoms with van der Waals surface area (Å²) in [5.41, 5.74) is 1.82. The summed E-state index contributed by atoms with van der Waals surface area (Å²) < 4.78 is 10.2. The van der Waals surface area contributed by atoms with Crippen molar-refractivity contribution in [3.63, 3.8) is 0 Å². The molecule has 1 aromatic carbocycles. The fraction of sp³-hybridized carbons (Fsp3) is 0.333. The normalized spacial score (nSPS) is 14.4. The predicted octanol–water partition coefficient (Wildman–Crippen LogP) is 2.24. The standard InChI is InChI=1S/C15H17N3O3/c1-16-14-11(9-18-5-6-21-15(18)19)7-10-3-4-12(20-2)8-13(10)17-14/h3-4,7-8H,5-6,9H2,1-2H3,(H,16,17). The Bertz CT molecular complexity index is 687. The van der Waals surface area contributed by atoms with E-state index in [0.29, 0.717) is 19.7 Å². The number of hydrogen-bond acceptors (Lipinski definition) is 5. The first-order valence-corrected chi connectivity index (χ1v) is 6.78. The van der Waals surface area contributed by atoms with E-state index in [0.717, 1.165) is 28.0 Å². The van der Waals surface area contributed by atoms with Crippen LogP contribution in [0.4, 0.5) is 10.6 Å². The first kappa shape index (κ1) is 13.5. The number of methoxy groups -OCH3 is 1. The Morgan fingerprint density at radius 1 is 1.43 bits per heavy atom. The minimum Gasteiger partial charge on any atom is -0.497 e. The van der Waals surface area contributed by atoms with Gasteiger partial charge in [-0.25, -0.2) is 9.78 Å². The van der Waals surface area contributed by atoms with Crippen LogP contribution in [-0.4, -0.2) is 43.3 Å². The molecule has 1 fully saturated rings. The topological polar surface area (TPSA) is 63.7 Å². The summed E-state index contributed by atoms with van der Waals surface area (Å²) in [4.78, 5) is 17.8. The van der Waals surface area contributed by atoms with Gasteiger partial charge >= 0.3 is 6.09 Å². The SMILES string of the molecule is CNc1nc2cc(OC)ccc2cc1CN1CCOC1=O. The van der Waals surface area contributed by atoms with Crippen molar-refractivity contribution in [2.45, 2.75) is 6.54 Å². The Labute approximate surface area is 122 Å². The molecular weight excluding hydrogens is 270 g/mol. The quantitative estimate of drug-likeness (QED) is 0.934. The van der Waals surface area contributed by atoms with Gasteiger partial charge in [-0.2, -0.15) is 0 Å². The lowest BCUT2D eigenvalue weighted by Crippen LogP contribution is -2.24. The van der Waals surface area contributed by atoms with Gasteiger partial charge in [0.05, 0.1) is 25.7 Å². The zero-order valence-electron chi connectivity index (χ0n) is 12.0. The van der Waals surface area contributed by atoms with E-state index in [1.807, 2.05) is 31.3 Å². The third kappa shape index (κ3) is 2.56. The van der Waals surface area contributed by atoms with Gasteiger partial charge in [0.15, 0.2) is 0 Å². The summed E-state index contributed by atoms with van der Waals surface area (Å²) in [5, 5.41) is 4.09. The maximum atomic E-state index is 11.6. The molecule has 1 aromatic heterocycles. The molecule has 1 saturated heterocycles. The minimum atomic E-state index is -0.271. The monoisotopic (exact) mass is 287 g/mol. The lowest BCUT2D eigenvalue weighted by molar-refractivity contribution is 0.157. The molecule has 1 aliphatic rings. The van der Waals surface area contributed by atoms with Crippen molar-refractivity contribution in [2.24, 2.45) is 0 Å². The Morgan fingerprint density at radius 3 is 2.95 bits per heavy atom. The average molecular weight is 287 g/mol. The van der Waals surface area contributed by atoms with E-state index < -0.39 is 0 Å². The summed E-state index contributed by atoms with van der Waals surface area (Å²) in [5.74, 6) is 1.53. The number of carbonyl (C=O) groups excluding carboxylic acids is 1. The first-order valence-electron chi connectivity index (χ1n) is 6.78. The molecule has 6 nitrogen and oxygen atoms in total. The van der Waals surface area contributed by atoms with Crippen molar-refractivity contribution in [1.29, 1.82) is 0 Å². The maximum absolute atomic E-state index is 11.6. The predicted molar refractivity (Wildman–Crippen MR) is 79.6 cm³/mol. The van der Waals surface area contributed by atoms with Crippen LogP contribution >= 0.6 is 0 Å². The number of pyridine rings is 1. The van der Waals surface area contributed by atoms with E-state index in [1.165, 1.54) is 0 Å². The highest BCUT2D eigenvalue weighted by Crippen LogP contribution is 2.25. The number of fused-ring (bicyclic) bond motifs is 1. The van der Waals surface area contributed by atoms with Crippen LogP contribution < -0.4 is 10.1 Å². The van der Waals surface area contributed by atoms with E-state index >= 15 is 0 Å². The fourth-order valence-corrected chi connectivity index (χ4v) is 2.43. The first-order chi connectivity index (χ1) is 10.2. The van der Waals surface area contributed by atoms with Gasteiger partial charge in [0.25, 0.3) is 0 Å². The molecule has 0 aliphatic carbocycles. The second-order valence-electron chi connectivity index (χ2n) is 4.84. The Kier molecular flexibility index (Phi) is 3.51. The molecule has 1 aliphatic heterocycles. The molecule has 1 N–H and O–H groups in total. The highest BCUT2D eigenvalue weighted by Gasteiger charge is 2.23. The summed E-state index contributed by atoms with van der Waals surface area (Å²) in [6.07, 6.45) is -0.271. The number of nitrogens with one attached hydrogen (secondary N) is 1. The highest BCUT2D eigenvalue weighted by atomic mass is 16.6. The van der Waals surface area contributed by atoms with E-state index in [1.54, 1.807) is 12.0 Å². The van der Waals surface area contributed by atoms with E-state index in [4.69, 9.17) is 9.47 Å². The lowest BCUT2D eigenvalue weighted by atomic mass is 10.1. The van der Waals surface area contributed by atoms with Crippen molar-refractivity contribution < 1.29 is 14.3 Å². The van der Waals surface area contributed by atoms with Crippen molar-refractivity contribution in [1.82, 2.24) is 9.88 Å². The molecule has 6 heteroatoms. The number of anilines is 1. The smallest absolute Gasteiger partial charge is 0.410 e. The number of cyclic esters (lactones) is 1. The molecule has 2 heterocycles. The zero-order chi connectivity index (χ0) is 14.8. The van der Waals surface area contributed by atoms with Gasteiger partial charge in [0, 0.05) is 24.1 Å². The number of carbonyl (C=O) groups is 1. The number of nitrogens with zero attached hydrogens (tertiary/aromatic N) is 2. The molecule has 21 heavy (non-hydrogen) atoms. The number of aromatic nitrogens is 1. The molecule has 110 valence electrons. The van der Waals surface area contributed by atoms with Crippen LogP contribution in [0.2, 0.25) is 0 Å². The van der Waals surface area contributed by atoms with Crippen molar-refractivity contribution >= 4 is 22.8 Å². The van der Waals surface area contributed by atoms with Gasteiger partial charge in [-0.15, -0.1) is 0 Å². The Balaban J connectivity index is 1.99. The molecule has 0 radical (unpaired) electrons. The number of amides is 1. The third-order valence-corrected chi connectivity index (χ3v) is 3.55. The summed E-state index contributed by atoms with van der Waals surface area (Å²) in [7, 11) is 3.45. The van der Waals surface area contributed by atoms with Gasteiger partial charge in [-0.3, -0.25) is 0 Å². The van der Waals surface area contributed by atoms with Crippen LogP contribution in [0, 0.1) is 0 Å². The van der Waals surface area contributed by atoms with Gasteiger partial charge in [0.2, 0.25) is 0 Å². The lowest BCUT2D eigenvalue weighted by Gasteiger charge is -2.16. The van der Waals surface area contributed by atoms with Crippen LogP contribution in [0.1, 0.15) is 5.56 Å². The molecule has 0 atom stereocenters. The second kappa shape index (κ2) is 5.47. The molecule has 0 saturated carbocycles. The number of hydrogen-bond donors (Lipinski definition) is 1. The number of ether oxygens (including phenoxy) is 2. The zero-order valence-corrected chi connectivity index (χ0v) is 12.0. The van der Waals surface area contributed by atoms with E-state index in [9.17, 15) is 4.79 Å². The van der Waals surface area contributed by atoms with Gasteiger partial charge in [-0.1, -0.05) is 0 Å². The van der Waals surface area contributed by atoms with Crippen molar-refractivity contribution in [2.75, 3.05) is 32.6 Å². The van der Waals surface area contributed by atoms with Gasteiger partial charge < -0.3 is 19.7 Å². The molecular formula is C15H17N3O3. The maximum Gasteiger partial charge on any atom is 0.410 e. The fourth-order valence-electron chi connectivity index (χ4n) is 2.43.